The van der Waals surface area contributed by atoms with E-state index in [0.29, 0.717) is 37.6 Å². The highest BCUT2D eigenvalue weighted by Gasteiger charge is 2.22. The Morgan fingerprint density at radius 1 is 1.12 bits per heavy atom. The van der Waals surface area contributed by atoms with Gasteiger partial charge >= 0.3 is 6.03 Å². The van der Waals surface area contributed by atoms with Gasteiger partial charge in [-0.2, -0.15) is 0 Å². The highest BCUT2D eigenvalue weighted by atomic mass is 32.1. The van der Waals surface area contributed by atoms with Gasteiger partial charge in [0.1, 0.15) is 17.3 Å². The molecule has 7 heteroatoms. The first-order chi connectivity index (χ1) is 12.2. The van der Waals surface area contributed by atoms with Crippen molar-refractivity contribution < 1.29 is 14.7 Å². The molecule has 0 aliphatic carbocycles. The summed E-state index contributed by atoms with van der Waals surface area (Å²) >= 11 is 4.92. The van der Waals surface area contributed by atoms with Gasteiger partial charge in [-0.15, -0.1) is 0 Å². The molecule has 0 radical (unpaired) electrons. The maximum Gasteiger partial charge on any atom is 0.318 e. The zero-order valence-corrected chi connectivity index (χ0v) is 14.4. The third kappa shape index (κ3) is 4.26. The van der Waals surface area contributed by atoms with Gasteiger partial charge in [0.15, 0.2) is 0 Å². The molecule has 3 rings (SSSR count). The number of nitrogens with one attached hydrogen (secondary N) is 2. The average Bonchev–Trinajstić information content (AvgIpc) is 3.09. The second kappa shape index (κ2) is 7.96. The topological polar surface area (TPSA) is 73.8 Å². The minimum Gasteiger partial charge on any atom is -0.492 e. The van der Waals surface area contributed by atoms with Gasteiger partial charge in [0.05, 0.1) is 6.54 Å². The smallest absolute Gasteiger partial charge is 0.318 e. The molecule has 0 spiro atoms. The summed E-state index contributed by atoms with van der Waals surface area (Å²) < 4.78 is 5.59. The fourth-order valence-electron chi connectivity index (χ4n) is 2.68. The molecule has 130 valence electrons. The molecule has 1 heterocycles. The number of fused-ring (bicyclic) bond motifs is 1. The highest BCUT2D eigenvalue weighted by molar-refractivity contribution is 7.80. The van der Waals surface area contributed by atoms with Crippen molar-refractivity contribution in [3.8, 4) is 5.75 Å². The molecule has 0 aromatic heterocycles. The van der Waals surface area contributed by atoms with E-state index >= 15 is 0 Å². The number of benzene rings is 2. The minimum atomic E-state index is -0.0884. The molecule has 0 fully saturated rings. The van der Waals surface area contributed by atoms with E-state index in [1.165, 1.54) is 11.1 Å². The molecule has 25 heavy (non-hydrogen) atoms. The van der Waals surface area contributed by atoms with Crippen molar-refractivity contribution in [2.24, 2.45) is 0 Å². The predicted octanol–water partition coefficient (Wildman–Crippen LogP) is 2.45. The highest BCUT2D eigenvalue weighted by Crippen LogP contribution is 2.21. The summed E-state index contributed by atoms with van der Waals surface area (Å²) in [6, 6.07) is 15.0. The van der Waals surface area contributed by atoms with Gasteiger partial charge in [0, 0.05) is 18.7 Å². The number of carbonyl (C=O) groups excluding carboxylic acids is 1. The lowest BCUT2D eigenvalue weighted by molar-refractivity contribution is 0.195. The Kier molecular flexibility index (Phi) is 5.47. The summed E-state index contributed by atoms with van der Waals surface area (Å²) in [5.74, 6) is 0.673. The van der Waals surface area contributed by atoms with E-state index < -0.39 is 0 Å². The lowest BCUT2D eigenvalue weighted by Gasteiger charge is -2.16. The molecule has 2 aromatic rings. The van der Waals surface area contributed by atoms with Crippen LogP contribution in [0.2, 0.25) is 0 Å². The zero-order chi connectivity index (χ0) is 17.6. The van der Waals surface area contributed by atoms with Crippen LogP contribution in [0.5, 0.6) is 5.75 Å². The van der Waals surface area contributed by atoms with E-state index in [1.807, 2.05) is 29.7 Å². The van der Waals surface area contributed by atoms with Crippen molar-refractivity contribution in [2.45, 2.75) is 13.1 Å². The Hall–Kier alpha value is -2.64. The number of hydrogen-bond donors (Lipinski definition) is 3. The second-order valence-corrected chi connectivity index (χ2v) is 6.08. The number of hydrogen-bond acceptors (Lipinski definition) is 4. The number of carbonyl (C=O) groups is 1. The lowest BCUT2D eigenvalue weighted by atomic mass is 10.1. The summed E-state index contributed by atoms with van der Waals surface area (Å²) in [7, 11) is 0. The Balaban J connectivity index is 1.40. The van der Waals surface area contributed by atoms with Gasteiger partial charge < -0.3 is 15.0 Å². The first-order valence-corrected chi connectivity index (χ1v) is 8.35. The van der Waals surface area contributed by atoms with Crippen LogP contribution in [0.4, 0.5) is 4.79 Å². The van der Waals surface area contributed by atoms with Crippen molar-refractivity contribution in [1.29, 1.82) is 0 Å². The summed E-state index contributed by atoms with van der Waals surface area (Å²) in [6.07, 6.45) is 0. The summed E-state index contributed by atoms with van der Waals surface area (Å²) in [6.45, 7) is 2.07. The Labute approximate surface area is 151 Å². The largest absolute Gasteiger partial charge is 0.492 e. The molecule has 1 aliphatic rings. The van der Waals surface area contributed by atoms with E-state index in [-0.39, 0.29) is 11.0 Å². The second-order valence-electron chi connectivity index (χ2n) is 5.67. The molecule has 0 atom stereocenters. The molecule has 3 N–H and O–H groups in total. The van der Waals surface area contributed by atoms with Crippen LogP contribution in [0.25, 0.3) is 0 Å². The van der Waals surface area contributed by atoms with Crippen LogP contribution in [-0.2, 0) is 13.1 Å². The Bertz CT molecular complexity index is 739. The normalized spacial score (nSPS) is 12.4. The van der Waals surface area contributed by atoms with Gasteiger partial charge in [-0.1, -0.05) is 36.5 Å². The fraction of sp³-hybridized carbons (Fsp3) is 0.222. The third-order valence-electron chi connectivity index (χ3n) is 3.99. The van der Waals surface area contributed by atoms with Crippen LogP contribution in [0, 0.1) is 0 Å². The van der Waals surface area contributed by atoms with Crippen molar-refractivity contribution in [2.75, 3.05) is 13.2 Å². The van der Waals surface area contributed by atoms with Crippen LogP contribution in [0.15, 0.2) is 48.5 Å². The average molecular weight is 357 g/mol. The lowest BCUT2D eigenvalue weighted by Crippen LogP contribution is -2.38. The number of thiocarbonyl (C=S) groups is 1. The monoisotopic (exact) mass is 357 g/mol. The number of urea groups is 1. The van der Waals surface area contributed by atoms with Crippen LogP contribution in [0.3, 0.4) is 0 Å². The number of nitrogens with zero attached hydrogens (tertiary/aromatic N) is 1. The first kappa shape index (κ1) is 17.2. The Morgan fingerprint density at radius 3 is 2.36 bits per heavy atom. The van der Waals surface area contributed by atoms with Crippen LogP contribution in [-0.4, -0.2) is 34.3 Å². The maximum absolute atomic E-state index is 12.2. The molecule has 6 nitrogen and oxygen atoms in total. The Morgan fingerprint density at radius 2 is 1.76 bits per heavy atom. The minimum absolute atomic E-state index is 0.0884. The number of amides is 2. The molecule has 0 saturated heterocycles. The van der Waals surface area contributed by atoms with Gasteiger partial charge in [0.25, 0.3) is 0 Å². The van der Waals surface area contributed by atoms with Crippen LogP contribution < -0.4 is 15.5 Å². The summed E-state index contributed by atoms with van der Waals surface area (Å²) in [5.41, 5.74) is 5.03. The van der Waals surface area contributed by atoms with Crippen molar-refractivity contribution in [1.82, 2.24) is 15.7 Å². The molecule has 2 amide bonds. The zero-order valence-electron chi connectivity index (χ0n) is 13.6. The standard InChI is InChI=1S/C18H19N3O3S/c22-18(21-11-14-3-1-2-4-15(14)12-21)19-9-10-24-16-7-5-13(6-8-16)17(25)20-23/h1-8,23H,9-12H2,(H,19,22)(H,20,25). The van der Waals surface area contributed by atoms with Gasteiger partial charge in [-0.25, -0.2) is 4.79 Å². The van der Waals surface area contributed by atoms with E-state index in [2.05, 4.69) is 5.32 Å². The van der Waals surface area contributed by atoms with Crippen LogP contribution >= 0.6 is 12.2 Å². The van der Waals surface area contributed by atoms with E-state index in [0.717, 1.165) is 0 Å². The number of hydroxylamine groups is 1. The first-order valence-electron chi connectivity index (χ1n) is 7.94. The molecule has 0 unspecified atom stereocenters. The molecule has 2 aromatic carbocycles. The van der Waals surface area contributed by atoms with Crippen molar-refractivity contribution in [3.63, 3.8) is 0 Å². The molecule has 1 aliphatic heterocycles. The van der Waals surface area contributed by atoms with E-state index in [4.69, 9.17) is 22.2 Å². The van der Waals surface area contributed by atoms with Crippen molar-refractivity contribution in [3.05, 3.63) is 65.2 Å². The SMILES string of the molecule is O=C(NCCOc1ccc(C(=S)NO)cc1)N1Cc2ccccc2C1. The third-order valence-corrected chi connectivity index (χ3v) is 4.32. The van der Waals surface area contributed by atoms with E-state index in [9.17, 15) is 4.79 Å². The van der Waals surface area contributed by atoms with E-state index in [1.54, 1.807) is 29.2 Å². The van der Waals surface area contributed by atoms with Crippen LogP contribution in [0.1, 0.15) is 16.7 Å². The number of rotatable bonds is 5. The molecular formula is C18H19N3O3S. The summed E-state index contributed by atoms with van der Waals surface area (Å²) in [4.78, 5) is 14.2. The predicted molar refractivity (Wildman–Crippen MR) is 97.6 cm³/mol. The summed E-state index contributed by atoms with van der Waals surface area (Å²) in [5, 5.41) is 11.6. The molecule has 0 bridgehead atoms. The maximum atomic E-state index is 12.2. The van der Waals surface area contributed by atoms with Crippen molar-refractivity contribution >= 4 is 23.2 Å². The molecule has 0 saturated carbocycles. The van der Waals surface area contributed by atoms with Gasteiger partial charge in [-0.05, 0) is 35.4 Å². The molecular weight excluding hydrogens is 338 g/mol. The quantitative estimate of drug-likeness (QED) is 0.435. The van der Waals surface area contributed by atoms with Gasteiger partial charge in [-0.3, -0.25) is 10.7 Å². The number of ether oxygens (including phenoxy) is 1. The van der Waals surface area contributed by atoms with Gasteiger partial charge in [0.2, 0.25) is 0 Å². The fourth-order valence-corrected chi connectivity index (χ4v) is 2.82.